The van der Waals surface area contributed by atoms with Crippen molar-refractivity contribution >= 4 is 28.2 Å². The van der Waals surface area contributed by atoms with E-state index in [1.165, 1.54) is 16.8 Å². The molecule has 0 amide bonds. The molecule has 1 fully saturated rings. The first-order valence-electron chi connectivity index (χ1n) is 7.93. The lowest BCUT2D eigenvalue weighted by atomic mass is 10.2. The Labute approximate surface area is 140 Å². The molecular formula is C18H19ClN4. The number of benzene rings is 1. The molecule has 4 nitrogen and oxygen atoms in total. The lowest BCUT2D eigenvalue weighted by molar-refractivity contribution is 0.247. The third kappa shape index (κ3) is 3.05. The van der Waals surface area contributed by atoms with E-state index >= 15 is 0 Å². The van der Waals surface area contributed by atoms with Crippen molar-refractivity contribution in [3.8, 4) is 0 Å². The molecule has 0 bridgehead atoms. The Morgan fingerprint density at radius 3 is 2.57 bits per heavy atom. The fraction of sp³-hybridized carbons (Fsp3) is 0.278. The van der Waals surface area contributed by atoms with E-state index < -0.39 is 0 Å². The molecular weight excluding hydrogens is 308 g/mol. The molecule has 1 saturated heterocycles. The SMILES string of the molecule is Clc1cccc2cc(CN3CCN(c4ccncc4)CC3)[nH]c12. The first-order valence-corrected chi connectivity index (χ1v) is 8.31. The first kappa shape index (κ1) is 14.5. The van der Waals surface area contributed by atoms with E-state index in [4.69, 9.17) is 11.6 Å². The smallest absolute Gasteiger partial charge is 0.0647 e. The summed E-state index contributed by atoms with van der Waals surface area (Å²) >= 11 is 6.24. The zero-order valence-electron chi connectivity index (χ0n) is 12.9. The highest BCUT2D eigenvalue weighted by atomic mass is 35.5. The highest BCUT2D eigenvalue weighted by Gasteiger charge is 2.18. The molecule has 23 heavy (non-hydrogen) atoms. The number of H-pyrrole nitrogens is 1. The van der Waals surface area contributed by atoms with Gasteiger partial charge in [-0.3, -0.25) is 9.88 Å². The van der Waals surface area contributed by atoms with Crippen molar-refractivity contribution in [1.82, 2.24) is 14.9 Å². The summed E-state index contributed by atoms with van der Waals surface area (Å²) in [7, 11) is 0. The number of halogens is 1. The number of rotatable bonds is 3. The summed E-state index contributed by atoms with van der Waals surface area (Å²) in [4.78, 5) is 12.4. The number of aromatic nitrogens is 2. The predicted octanol–water partition coefficient (Wildman–Crippen LogP) is 3.54. The molecule has 1 aliphatic heterocycles. The Morgan fingerprint density at radius 2 is 1.83 bits per heavy atom. The second kappa shape index (κ2) is 6.22. The van der Waals surface area contributed by atoms with Crippen molar-refractivity contribution in [1.29, 1.82) is 0 Å². The molecule has 0 spiro atoms. The van der Waals surface area contributed by atoms with Gasteiger partial charge in [0.15, 0.2) is 0 Å². The number of anilines is 1. The quantitative estimate of drug-likeness (QED) is 0.799. The van der Waals surface area contributed by atoms with Crippen molar-refractivity contribution in [3.05, 3.63) is 59.5 Å². The maximum Gasteiger partial charge on any atom is 0.0647 e. The number of hydrogen-bond donors (Lipinski definition) is 1. The topological polar surface area (TPSA) is 35.2 Å². The van der Waals surface area contributed by atoms with E-state index in [-0.39, 0.29) is 0 Å². The molecule has 0 unspecified atom stereocenters. The van der Waals surface area contributed by atoms with Crippen LogP contribution in [0.1, 0.15) is 5.69 Å². The van der Waals surface area contributed by atoms with Crippen LogP contribution in [0.15, 0.2) is 48.8 Å². The van der Waals surface area contributed by atoms with Gasteiger partial charge in [0.25, 0.3) is 0 Å². The molecule has 0 atom stereocenters. The molecule has 0 radical (unpaired) electrons. The van der Waals surface area contributed by atoms with Crippen LogP contribution in [-0.2, 0) is 6.54 Å². The molecule has 1 aliphatic rings. The Hall–Kier alpha value is -2.04. The summed E-state index contributed by atoms with van der Waals surface area (Å²) in [5, 5.41) is 1.97. The summed E-state index contributed by atoms with van der Waals surface area (Å²) in [6.07, 6.45) is 3.71. The van der Waals surface area contributed by atoms with E-state index in [1.54, 1.807) is 0 Å². The highest BCUT2D eigenvalue weighted by Crippen LogP contribution is 2.24. The van der Waals surface area contributed by atoms with Crippen molar-refractivity contribution in [2.45, 2.75) is 6.54 Å². The van der Waals surface area contributed by atoms with Crippen molar-refractivity contribution in [2.75, 3.05) is 31.1 Å². The fourth-order valence-electron chi connectivity index (χ4n) is 3.22. The summed E-state index contributed by atoms with van der Waals surface area (Å²) in [5.74, 6) is 0. The van der Waals surface area contributed by atoms with Crippen LogP contribution in [0.5, 0.6) is 0 Å². The molecule has 3 aromatic rings. The Balaban J connectivity index is 1.41. The maximum atomic E-state index is 6.24. The zero-order chi connectivity index (χ0) is 15.6. The van der Waals surface area contributed by atoms with Crippen LogP contribution in [-0.4, -0.2) is 41.0 Å². The van der Waals surface area contributed by atoms with Gasteiger partial charge in [0.2, 0.25) is 0 Å². The monoisotopic (exact) mass is 326 g/mol. The normalized spacial score (nSPS) is 16.1. The van der Waals surface area contributed by atoms with E-state index in [0.717, 1.165) is 43.3 Å². The number of piperazine rings is 1. The summed E-state index contributed by atoms with van der Waals surface area (Å²) in [6.45, 7) is 5.15. The van der Waals surface area contributed by atoms with E-state index in [9.17, 15) is 0 Å². The second-order valence-electron chi connectivity index (χ2n) is 5.97. The first-order chi connectivity index (χ1) is 11.3. The molecule has 2 aromatic heterocycles. The number of nitrogens with one attached hydrogen (secondary N) is 1. The fourth-order valence-corrected chi connectivity index (χ4v) is 3.45. The average molecular weight is 327 g/mol. The van der Waals surface area contributed by atoms with Crippen molar-refractivity contribution in [2.24, 2.45) is 0 Å². The number of fused-ring (bicyclic) bond motifs is 1. The summed E-state index contributed by atoms with van der Waals surface area (Å²) in [6, 6.07) is 12.4. The maximum absolute atomic E-state index is 6.24. The average Bonchev–Trinajstić information content (AvgIpc) is 3.00. The van der Waals surface area contributed by atoms with Gasteiger partial charge in [0.1, 0.15) is 0 Å². The standard InChI is InChI=1S/C18H19ClN4/c19-17-3-1-2-14-12-15(21-18(14)17)13-22-8-10-23(11-9-22)16-4-6-20-7-5-16/h1-7,12,21H,8-11,13H2. The zero-order valence-corrected chi connectivity index (χ0v) is 13.6. The lowest BCUT2D eigenvalue weighted by Crippen LogP contribution is -2.46. The van der Waals surface area contributed by atoms with E-state index in [1.807, 2.05) is 24.5 Å². The lowest BCUT2D eigenvalue weighted by Gasteiger charge is -2.35. The van der Waals surface area contributed by atoms with Gasteiger partial charge in [-0.1, -0.05) is 23.7 Å². The minimum absolute atomic E-state index is 0.788. The van der Waals surface area contributed by atoms with Gasteiger partial charge < -0.3 is 9.88 Å². The van der Waals surface area contributed by atoms with Crippen molar-refractivity contribution in [3.63, 3.8) is 0 Å². The highest BCUT2D eigenvalue weighted by molar-refractivity contribution is 6.35. The Bertz CT molecular complexity index is 791. The molecule has 3 heterocycles. The Morgan fingerprint density at radius 1 is 1.04 bits per heavy atom. The van der Waals surface area contributed by atoms with Gasteiger partial charge in [0, 0.05) is 61.9 Å². The number of para-hydroxylation sites is 1. The van der Waals surface area contributed by atoms with E-state index in [2.05, 4.69) is 44.0 Å². The summed E-state index contributed by atoms with van der Waals surface area (Å²) < 4.78 is 0. The summed E-state index contributed by atoms with van der Waals surface area (Å²) in [5.41, 5.74) is 3.53. The molecule has 5 heteroatoms. The second-order valence-corrected chi connectivity index (χ2v) is 6.37. The molecule has 1 N–H and O–H groups in total. The largest absolute Gasteiger partial charge is 0.369 e. The molecule has 0 aliphatic carbocycles. The van der Waals surface area contributed by atoms with Gasteiger partial charge >= 0.3 is 0 Å². The minimum atomic E-state index is 0.788. The van der Waals surface area contributed by atoms with E-state index in [0.29, 0.717) is 0 Å². The van der Waals surface area contributed by atoms with Crippen LogP contribution >= 0.6 is 11.6 Å². The van der Waals surface area contributed by atoms with Gasteiger partial charge in [-0.15, -0.1) is 0 Å². The van der Waals surface area contributed by atoms with Crippen LogP contribution in [0.25, 0.3) is 10.9 Å². The molecule has 0 saturated carbocycles. The number of aromatic amines is 1. The van der Waals surface area contributed by atoms with Crippen LogP contribution in [0.4, 0.5) is 5.69 Å². The van der Waals surface area contributed by atoms with Gasteiger partial charge in [-0.05, 0) is 24.3 Å². The van der Waals surface area contributed by atoms with Crippen LogP contribution in [0, 0.1) is 0 Å². The van der Waals surface area contributed by atoms with Crippen LogP contribution < -0.4 is 4.90 Å². The third-order valence-corrected chi connectivity index (χ3v) is 4.77. The molecule has 4 rings (SSSR count). The minimum Gasteiger partial charge on any atom is -0.369 e. The number of pyridine rings is 1. The van der Waals surface area contributed by atoms with Gasteiger partial charge in [-0.25, -0.2) is 0 Å². The van der Waals surface area contributed by atoms with Crippen molar-refractivity contribution < 1.29 is 0 Å². The van der Waals surface area contributed by atoms with Gasteiger partial charge in [-0.2, -0.15) is 0 Å². The molecule has 1 aromatic carbocycles. The molecule has 118 valence electrons. The Kier molecular flexibility index (Phi) is 3.93. The number of nitrogens with zero attached hydrogens (tertiary/aromatic N) is 3. The third-order valence-electron chi connectivity index (χ3n) is 4.46. The van der Waals surface area contributed by atoms with Crippen LogP contribution in [0.3, 0.4) is 0 Å². The van der Waals surface area contributed by atoms with Crippen LogP contribution in [0.2, 0.25) is 5.02 Å². The van der Waals surface area contributed by atoms with Gasteiger partial charge in [0.05, 0.1) is 10.5 Å². The number of hydrogen-bond acceptors (Lipinski definition) is 3. The predicted molar refractivity (Wildman–Crippen MR) is 95.0 cm³/mol.